The summed E-state index contributed by atoms with van der Waals surface area (Å²) in [6.45, 7) is 0. The first-order valence-electron chi connectivity index (χ1n) is 6.67. The zero-order chi connectivity index (χ0) is 12.7. The zero-order valence-electron chi connectivity index (χ0n) is 10.7. The van der Waals surface area contributed by atoms with Gasteiger partial charge in [-0.15, -0.1) is 0 Å². The largest absolute Gasteiger partial charge is 0.465 e. The Morgan fingerprint density at radius 1 is 1.24 bits per heavy atom. The first-order chi connectivity index (χ1) is 8.15. The fourth-order valence-corrected chi connectivity index (χ4v) is 3.08. The summed E-state index contributed by atoms with van der Waals surface area (Å²) in [6.07, 6.45) is 8.97. The lowest BCUT2D eigenvalue weighted by molar-refractivity contribution is 0.117. The molecule has 100 valence electrons. The maximum Gasteiger partial charge on any atom is 0.407 e. The van der Waals surface area contributed by atoms with Crippen LogP contribution in [0.15, 0.2) is 0 Å². The van der Waals surface area contributed by atoms with E-state index >= 15 is 0 Å². The first-order valence-corrected chi connectivity index (χ1v) is 7.79. The predicted molar refractivity (Wildman–Crippen MR) is 73.8 cm³/mol. The molecule has 0 saturated heterocycles. The molecule has 0 aliphatic heterocycles. The number of amides is 1. The maximum absolute atomic E-state index is 10.8. The van der Waals surface area contributed by atoms with Crippen LogP contribution in [0.2, 0.25) is 0 Å². The summed E-state index contributed by atoms with van der Waals surface area (Å²) in [4.78, 5) is 12.3. The van der Waals surface area contributed by atoms with E-state index in [1.165, 1.54) is 43.4 Å². The SMILES string of the molecule is CN(C(=O)O)C1CCC(CCCCCBr)CC1. The summed E-state index contributed by atoms with van der Waals surface area (Å²) in [7, 11) is 1.70. The monoisotopic (exact) mass is 305 g/mol. The van der Waals surface area contributed by atoms with Crippen LogP contribution in [0.5, 0.6) is 0 Å². The topological polar surface area (TPSA) is 40.5 Å². The van der Waals surface area contributed by atoms with Crippen LogP contribution in [-0.2, 0) is 0 Å². The van der Waals surface area contributed by atoms with Gasteiger partial charge in [-0.05, 0) is 38.0 Å². The van der Waals surface area contributed by atoms with E-state index < -0.39 is 6.09 Å². The van der Waals surface area contributed by atoms with Gasteiger partial charge in [-0.25, -0.2) is 4.79 Å². The van der Waals surface area contributed by atoms with E-state index in [-0.39, 0.29) is 6.04 Å². The van der Waals surface area contributed by atoms with Crippen molar-refractivity contribution in [2.24, 2.45) is 5.92 Å². The van der Waals surface area contributed by atoms with E-state index in [2.05, 4.69) is 15.9 Å². The number of halogens is 1. The van der Waals surface area contributed by atoms with E-state index in [1.807, 2.05) is 0 Å². The van der Waals surface area contributed by atoms with Crippen molar-refractivity contribution in [2.45, 2.75) is 57.4 Å². The van der Waals surface area contributed by atoms with Gasteiger partial charge in [-0.2, -0.15) is 0 Å². The molecule has 0 unspecified atom stereocenters. The van der Waals surface area contributed by atoms with Crippen molar-refractivity contribution in [1.29, 1.82) is 0 Å². The molecule has 17 heavy (non-hydrogen) atoms. The summed E-state index contributed by atoms with van der Waals surface area (Å²) >= 11 is 3.45. The standard InChI is InChI=1S/C13H24BrNO2/c1-15(13(16)17)12-8-6-11(7-9-12)5-3-2-4-10-14/h11-12H,2-10H2,1H3,(H,16,17). The van der Waals surface area contributed by atoms with Gasteiger partial charge in [0.05, 0.1) is 0 Å². The minimum Gasteiger partial charge on any atom is -0.465 e. The molecule has 0 atom stereocenters. The number of carboxylic acid groups (broad SMARTS) is 1. The van der Waals surface area contributed by atoms with Gasteiger partial charge in [0.25, 0.3) is 0 Å². The molecule has 0 aromatic carbocycles. The second-order valence-corrected chi connectivity index (χ2v) is 5.90. The molecule has 0 heterocycles. The van der Waals surface area contributed by atoms with Crippen LogP contribution in [0.4, 0.5) is 4.79 Å². The Hall–Kier alpha value is -0.250. The second kappa shape index (κ2) is 7.96. The highest BCUT2D eigenvalue weighted by atomic mass is 79.9. The van der Waals surface area contributed by atoms with Gasteiger partial charge in [0, 0.05) is 18.4 Å². The van der Waals surface area contributed by atoms with E-state index in [0.29, 0.717) is 0 Å². The molecule has 1 amide bonds. The molecule has 0 radical (unpaired) electrons. The first kappa shape index (κ1) is 14.8. The van der Waals surface area contributed by atoms with Crippen molar-refractivity contribution in [3.8, 4) is 0 Å². The Balaban J connectivity index is 2.15. The van der Waals surface area contributed by atoms with Gasteiger partial charge in [-0.3, -0.25) is 0 Å². The molecule has 0 spiro atoms. The zero-order valence-corrected chi connectivity index (χ0v) is 12.3. The van der Waals surface area contributed by atoms with Crippen molar-refractivity contribution in [1.82, 2.24) is 4.90 Å². The second-order valence-electron chi connectivity index (χ2n) is 5.11. The molecular formula is C13H24BrNO2. The highest BCUT2D eigenvalue weighted by molar-refractivity contribution is 9.09. The van der Waals surface area contributed by atoms with Crippen LogP contribution >= 0.6 is 15.9 Å². The third-order valence-electron chi connectivity index (χ3n) is 3.91. The van der Waals surface area contributed by atoms with Crippen LogP contribution in [0.1, 0.15) is 51.4 Å². The van der Waals surface area contributed by atoms with Crippen molar-refractivity contribution in [3.05, 3.63) is 0 Å². The normalized spacial score (nSPS) is 24.6. The summed E-state index contributed by atoms with van der Waals surface area (Å²) in [5.41, 5.74) is 0. The van der Waals surface area contributed by atoms with Gasteiger partial charge in [-0.1, -0.05) is 35.2 Å². The fourth-order valence-electron chi connectivity index (χ4n) is 2.68. The third kappa shape index (κ3) is 5.28. The van der Waals surface area contributed by atoms with Crippen LogP contribution in [-0.4, -0.2) is 34.5 Å². The molecule has 4 heteroatoms. The van der Waals surface area contributed by atoms with Crippen molar-refractivity contribution < 1.29 is 9.90 Å². The Labute approximate surface area is 113 Å². The quantitative estimate of drug-likeness (QED) is 0.592. The predicted octanol–water partition coefficient (Wildman–Crippen LogP) is 4.11. The number of hydrogen-bond acceptors (Lipinski definition) is 1. The average Bonchev–Trinajstić information content (AvgIpc) is 2.34. The lowest BCUT2D eigenvalue weighted by atomic mass is 9.82. The lowest BCUT2D eigenvalue weighted by Gasteiger charge is -2.33. The number of carbonyl (C=O) groups is 1. The molecule has 1 aliphatic rings. The van der Waals surface area contributed by atoms with Crippen LogP contribution in [0.3, 0.4) is 0 Å². The van der Waals surface area contributed by atoms with Gasteiger partial charge in [0.2, 0.25) is 0 Å². The molecule has 3 nitrogen and oxygen atoms in total. The van der Waals surface area contributed by atoms with Gasteiger partial charge in [0.15, 0.2) is 0 Å². The minimum atomic E-state index is -0.786. The molecule has 0 aromatic rings. The molecule has 1 fully saturated rings. The minimum absolute atomic E-state index is 0.256. The number of hydrogen-bond donors (Lipinski definition) is 1. The van der Waals surface area contributed by atoms with Gasteiger partial charge >= 0.3 is 6.09 Å². The molecule has 0 aromatic heterocycles. The summed E-state index contributed by atoms with van der Waals surface area (Å²) in [6, 6.07) is 0.256. The molecule has 0 bridgehead atoms. The fraction of sp³-hybridized carbons (Fsp3) is 0.923. The molecule has 1 rings (SSSR count). The summed E-state index contributed by atoms with van der Waals surface area (Å²) in [5.74, 6) is 0.837. The van der Waals surface area contributed by atoms with Gasteiger partial charge in [0.1, 0.15) is 0 Å². The Morgan fingerprint density at radius 3 is 2.41 bits per heavy atom. The van der Waals surface area contributed by atoms with Gasteiger partial charge < -0.3 is 10.0 Å². The van der Waals surface area contributed by atoms with Crippen LogP contribution < -0.4 is 0 Å². The smallest absolute Gasteiger partial charge is 0.407 e. The maximum atomic E-state index is 10.8. The van der Waals surface area contributed by atoms with E-state index in [1.54, 1.807) is 7.05 Å². The van der Waals surface area contributed by atoms with E-state index in [0.717, 1.165) is 24.1 Å². The van der Waals surface area contributed by atoms with Crippen molar-refractivity contribution >= 4 is 22.0 Å². The number of unbranched alkanes of at least 4 members (excludes halogenated alkanes) is 2. The molecule has 1 N–H and O–H groups in total. The van der Waals surface area contributed by atoms with E-state index in [4.69, 9.17) is 5.11 Å². The van der Waals surface area contributed by atoms with Crippen molar-refractivity contribution in [2.75, 3.05) is 12.4 Å². The molecule has 1 aliphatic carbocycles. The number of rotatable bonds is 6. The van der Waals surface area contributed by atoms with E-state index in [9.17, 15) is 4.79 Å². The third-order valence-corrected chi connectivity index (χ3v) is 4.47. The Bertz CT molecular complexity index is 227. The number of alkyl halides is 1. The van der Waals surface area contributed by atoms with Crippen molar-refractivity contribution in [3.63, 3.8) is 0 Å². The Kier molecular flexibility index (Phi) is 6.93. The summed E-state index contributed by atoms with van der Waals surface area (Å²) < 4.78 is 0. The number of nitrogens with zero attached hydrogens (tertiary/aromatic N) is 1. The van der Waals surface area contributed by atoms with Crippen LogP contribution in [0.25, 0.3) is 0 Å². The average molecular weight is 306 g/mol. The van der Waals surface area contributed by atoms with Crippen LogP contribution in [0, 0.1) is 5.92 Å². The highest BCUT2D eigenvalue weighted by Crippen LogP contribution is 2.30. The molecule has 1 saturated carbocycles. The highest BCUT2D eigenvalue weighted by Gasteiger charge is 2.25. The molecular weight excluding hydrogens is 282 g/mol. The Morgan fingerprint density at radius 2 is 1.88 bits per heavy atom. The lowest BCUT2D eigenvalue weighted by Crippen LogP contribution is -2.38. The summed E-state index contributed by atoms with van der Waals surface area (Å²) in [5, 5.41) is 10.0.